The van der Waals surface area contributed by atoms with E-state index < -0.39 is 17.5 Å². The van der Waals surface area contributed by atoms with Gasteiger partial charge in [-0.05, 0) is 23.5 Å². The molecule has 27 heavy (non-hydrogen) atoms. The summed E-state index contributed by atoms with van der Waals surface area (Å²) in [6.45, 7) is 9.69. The lowest BCUT2D eigenvalue weighted by Crippen LogP contribution is -2.47. The highest BCUT2D eigenvalue weighted by Gasteiger charge is 2.49. The van der Waals surface area contributed by atoms with E-state index in [0.29, 0.717) is 31.9 Å². The van der Waals surface area contributed by atoms with Crippen LogP contribution in [0.1, 0.15) is 38.8 Å². The number of hydrogen-bond acceptors (Lipinski definition) is 4. The van der Waals surface area contributed by atoms with Gasteiger partial charge in [0, 0.05) is 13.1 Å². The zero-order chi connectivity index (χ0) is 19.8. The van der Waals surface area contributed by atoms with Crippen molar-refractivity contribution in [1.29, 1.82) is 0 Å². The highest BCUT2D eigenvalue weighted by molar-refractivity contribution is 6.09. The minimum atomic E-state index is -1.17. The molecular weight excluding hydrogens is 346 g/mol. The van der Waals surface area contributed by atoms with Crippen molar-refractivity contribution in [1.82, 2.24) is 15.1 Å². The largest absolute Gasteiger partial charge is 0.378 e. The average molecular weight is 373 g/mol. The number of imide groups is 1. The fraction of sp³-hybridized carbons (Fsp3) is 0.550. The van der Waals surface area contributed by atoms with E-state index in [9.17, 15) is 14.4 Å². The van der Waals surface area contributed by atoms with Crippen molar-refractivity contribution in [3.05, 3.63) is 35.4 Å². The van der Waals surface area contributed by atoms with Crippen LogP contribution in [0, 0.1) is 0 Å². The summed E-state index contributed by atoms with van der Waals surface area (Å²) in [4.78, 5) is 40.5. The molecule has 1 unspecified atom stereocenters. The third-order valence-electron chi connectivity index (χ3n) is 5.26. The van der Waals surface area contributed by atoms with Crippen LogP contribution in [0.2, 0.25) is 0 Å². The number of nitrogens with zero attached hydrogens (tertiary/aromatic N) is 2. The molecule has 1 aromatic rings. The first-order valence-corrected chi connectivity index (χ1v) is 9.23. The second-order valence-corrected chi connectivity index (χ2v) is 8.27. The first-order chi connectivity index (χ1) is 12.6. The first kappa shape index (κ1) is 19.4. The van der Waals surface area contributed by atoms with Gasteiger partial charge in [0.15, 0.2) is 0 Å². The van der Waals surface area contributed by atoms with Crippen LogP contribution in [0.4, 0.5) is 4.79 Å². The maximum atomic E-state index is 13.0. The van der Waals surface area contributed by atoms with Gasteiger partial charge in [0.2, 0.25) is 5.91 Å². The number of ether oxygens (including phenoxy) is 1. The zero-order valence-corrected chi connectivity index (χ0v) is 16.4. The molecule has 1 N–H and O–H groups in total. The SMILES string of the molecule is CC(C)(C)c1ccc(C2(C)NC(=O)N(CC(=O)N3CCOCC3)C2=O)cc1. The molecule has 0 saturated carbocycles. The molecule has 2 heterocycles. The summed E-state index contributed by atoms with van der Waals surface area (Å²) in [5.41, 5.74) is 0.679. The van der Waals surface area contributed by atoms with Gasteiger partial charge in [-0.3, -0.25) is 14.5 Å². The molecule has 4 amide bonds. The number of carbonyl (C=O) groups excluding carboxylic acids is 3. The number of carbonyl (C=O) groups is 3. The van der Waals surface area contributed by atoms with Crippen molar-refractivity contribution in [2.24, 2.45) is 0 Å². The van der Waals surface area contributed by atoms with E-state index in [2.05, 4.69) is 26.1 Å². The Hall–Kier alpha value is -2.41. The summed E-state index contributed by atoms with van der Waals surface area (Å²) in [5, 5.41) is 2.75. The molecule has 2 aliphatic heterocycles. The van der Waals surface area contributed by atoms with E-state index in [4.69, 9.17) is 4.74 Å². The third-order valence-corrected chi connectivity index (χ3v) is 5.26. The third kappa shape index (κ3) is 3.69. The van der Waals surface area contributed by atoms with Gasteiger partial charge in [-0.1, -0.05) is 45.0 Å². The summed E-state index contributed by atoms with van der Waals surface area (Å²) in [7, 11) is 0. The Morgan fingerprint density at radius 1 is 1.15 bits per heavy atom. The summed E-state index contributed by atoms with van der Waals surface area (Å²) < 4.78 is 5.23. The summed E-state index contributed by atoms with van der Waals surface area (Å²) >= 11 is 0. The Kier molecular flexibility index (Phi) is 4.99. The van der Waals surface area contributed by atoms with Crippen LogP contribution in [-0.2, 0) is 25.3 Å². The molecule has 0 bridgehead atoms. The summed E-state index contributed by atoms with van der Waals surface area (Å²) in [6.07, 6.45) is 0. The number of morpholine rings is 1. The monoisotopic (exact) mass is 373 g/mol. The topological polar surface area (TPSA) is 79.0 Å². The molecule has 0 aliphatic carbocycles. The number of amides is 4. The fourth-order valence-electron chi connectivity index (χ4n) is 3.39. The smallest absolute Gasteiger partial charge is 0.325 e. The second kappa shape index (κ2) is 6.96. The Balaban J connectivity index is 1.77. The number of urea groups is 1. The number of hydrogen-bond donors (Lipinski definition) is 1. The molecule has 7 heteroatoms. The normalized spacial score (nSPS) is 23.6. The van der Waals surface area contributed by atoms with Gasteiger partial charge in [-0.15, -0.1) is 0 Å². The maximum Gasteiger partial charge on any atom is 0.325 e. The van der Waals surface area contributed by atoms with Crippen molar-refractivity contribution >= 4 is 17.8 Å². The summed E-state index contributed by atoms with van der Waals surface area (Å²) in [6, 6.07) is 7.14. The Labute approximate surface area is 159 Å². The van der Waals surface area contributed by atoms with E-state index >= 15 is 0 Å². The first-order valence-electron chi connectivity index (χ1n) is 9.23. The van der Waals surface area contributed by atoms with E-state index in [0.717, 1.165) is 10.5 Å². The van der Waals surface area contributed by atoms with Gasteiger partial charge in [0.05, 0.1) is 13.2 Å². The fourth-order valence-corrected chi connectivity index (χ4v) is 3.39. The molecule has 0 spiro atoms. The van der Waals surface area contributed by atoms with Crippen molar-refractivity contribution < 1.29 is 19.1 Å². The zero-order valence-electron chi connectivity index (χ0n) is 16.4. The minimum absolute atomic E-state index is 0.00101. The highest BCUT2D eigenvalue weighted by atomic mass is 16.5. The number of rotatable bonds is 3. The van der Waals surface area contributed by atoms with Gasteiger partial charge < -0.3 is 15.0 Å². The van der Waals surface area contributed by atoms with Gasteiger partial charge in [-0.25, -0.2) is 4.79 Å². The molecule has 1 aromatic carbocycles. The van der Waals surface area contributed by atoms with E-state index in [1.165, 1.54) is 0 Å². The van der Waals surface area contributed by atoms with Crippen LogP contribution in [-0.4, -0.2) is 60.5 Å². The quantitative estimate of drug-likeness (QED) is 0.817. The van der Waals surface area contributed by atoms with Crippen LogP contribution >= 0.6 is 0 Å². The molecule has 2 saturated heterocycles. The molecule has 146 valence electrons. The van der Waals surface area contributed by atoms with Crippen LogP contribution in [0.25, 0.3) is 0 Å². The minimum Gasteiger partial charge on any atom is -0.378 e. The standard InChI is InChI=1S/C20H27N3O4/c1-19(2,3)14-5-7-15(8-6-14)20(4)17(25)23(18(26)21-20)13-16(24)22-9-11-27-12-10-22/h5-8H,9-13H2,1-4H3,(H,21,26). The molecule has 7 nitrogen and oxygen atoms in total. The molecule has 3 rings (SSSR count). The van der Waals surface area contributed by atoms with Crippen molar-refractivity contribution in [3.63, 3.8) is 0 Å². The lowest BCUT2D eigenvalue weighted by Gasteiger charge is -2.28. The number of benzene rings is 1. The predicted octanol–water partition coefficient (Wildman–Crippen LogP) is 1.61. The lowest BCUT2D eigenvalue weighted by molar-refractivity contribution is -0.141. The number of nitrogens with one attached hydrogen (secondary N) is 1. The Morgan fingerprint density at radius 3 is 2.30 bits per heavy atom. The summed E-state index contributed by atoms with van der Waals surface area (Å²) in [5.74, 6) is -0.647. The lowest BCUT2D eigenvalue weighted by atomic mass is 9.84. The van der Waals surface area contributed by atoms with Crippen molar-refractivity contribution in [2.75, 3.05) is 32.8 Å². The van der Waals surface area contributed by atoms with E-state index in [1.807, 2.05) is 24.3 Å². The maximum absolute atomic E-state index is 13.0. The van der Waals surface area contributed by atoms with E-state index in [1.54, 1.807) is 11.8 Å². The van der Waals surface area contributed by atoms with Crippen LogP contribution in [0.5, 0.6) is 0 Å². The highest BCUT2D eigenvalue weighted by Crippen LogP contribution is 2.31. The Bertz CT molecular complexity index is 747. The van der Waals surface area contributed by atoms with Crippen molar-refractivity contribution in [3.8, 4) is 0 Å². The van der Waals surface area contributed by atoms with Gasteiger partial charge in [0.1, 0.15) is 12.1 Å². The Morgan fingerprint density at radius 2 is 1.74 bits per heavy atom. The van der Waals surface area contributed by atoms with Crippen LogP contribution < -0.4 is 5.32 Å². The molecule has 2 aliphatic rings. The van der Waals surface area contributed by atoms with Gasteiger partial charge in [-0.2, -0.15) is 0 Å². The van der Waals surface area contributed by atoms with E-state index in [-0.39, 0.29) is 17.9 Å². The molecular formula is C20H27N3O4. The van der Waals surface area contributed by atoms with Crippen LogP contribution in [0.15, 0.2) is 24.3 Å². The van der Waals surface area contributed by atoms with Gasteiger partial charge >= 0.3 is 6.03 Å². The molecule has 0 aromatic heterocycles. The molecule has 2 fully saturated rings. The predicted molar refractivity (Wildman–Crippen MR) is 100 cm³/mol. The average Bonchev–Trinajstić information content (AvgIpc) is 2.86. The molecule has 1 atom stereocenters. The second-order valence-electron chi connectivity index (χ2n) is 8.27. The van der Waals surface area contributed by atoms with Crippen molar-refractivity contribution in [2.45, 2.75) is 38.6 Å². The molecule has 0 radical (unpaired) electrons. The van der Waals surface area contributed by atoms with Gasteiger partial charge in [0.25, 0.3) is 5.91 Å². The van der Waals surface area contributed by atoms with Crippen LogP contribution in [0.3, 0.4) is 0 Å².